The van der Waals surface area contributed by atoms with Crippen molar-refractivity contribution in [2.24, 2.45) is 5.41 Å². The quantitative estimate of drug-likeness (QED) is 0.691. The Morgan fingerprint density at radius 2 is 1.96 bits per heavy atom. The number of fused-ring (bicyclic) bond motifs is 1. The van der Waals surface area contributed by atoms with Gasteiger partial charge in [-0.15, -0.1) is 11.3 Å². The number of piperidine rings is 1. The molecule has 4 nitrogen and oxygen atoms in total. The molecule has 2 aliphatic heterocycles. The fraction of sp³-hybridized carbons (Fsp3) is 0.762. The lowest BCUT2D eigenvalue weighted by Crippen LogP contribution is -2.37. The number of carbonyl (C=O) groups excluding carboxylic acids is 1. The predicted octanol–water partition coefficient (Wildman–Crippen LogP) is 4.32. The number of amides is 1. The van der Waals surface area contributed by atoms with Gasteiger partial charge in [0.25, 0.3) is 0 Å². The van der Waals surface area contributed by atoms with Gasteiger partial charge >= 0.3 is 0 Å². The third-order valence-corrected chi connectivity index (χ3v) is 6.28. The molecular formula is C21H34N2O2S. The van der Waals surface area contributed by atoms with Crippen LogP contribution in [-0.4, -0.2) is 48.5 Å². The highest BCUT2D eigenvalue weighted by molar-refractivity contribution is 7.14. The van der Waals surface area contributed by atoms with Crippen molar-refractivity contribution in [3.05, 3.63) is 16.5 Å². The molecule has 5 heteroatoms. The molecule has 0 saturated carbocycles. The summed E-state index contributed by atoms with van der Waals surface area (Å²) in [6.07, 6.45) is 6.76. The van der Waals surface area contributed by atoms with Crippen molar-refractivity contribution in [2.75, 3.05) is 32.8 Å². The van der Waals surface area contributed by atoms with Crippen LogP contribution in [0.15, 0.2) is 6.07 Å². The molecule has 1 aromatic rings. The highest BCUT2D eigenvalue weighted by Gasteiger charge is 2.26. The van der Waals surface area contributed by atoms with E-state index in [1.54, 1.807) is 11.3 Å². The summed E-state index contributed by atoms with van der Waals surface area (Å²) in [5, 5.41) is 1.03. The van der Waals surface area contributed by atoms with Crippen LogP contribution in [-0.2, 0) is 17.8 Å². The van der Waals surface area contributed by atoms with Crippen LogP contribution in [0.1, 0.15) is 63.3 Å². The average molecular weight is 379 g/mol. The zero-order valence-corrected chi connectivity index (χ0v) is 17.5. The number of nitrogens with zero attached hydrogens (tertiary/aromatic N) is 2. The molecule has 0 spiro atoms. The normalized spacial score (nSPS) is 18.7. The third-order valence-electron chi connectivity index (χ3n) is 5.21. The minimum Gasteiger partial charge on any atom is -0.484 e. The molecule has 3 heterocycles. The SMILES string of the molecule is CC(C)(C)CC(=O)N1CCc2cc(OCCCN3CCCCC3)sc2C1. The predicted molar refractivity (Wildman–Crippen MR) is 108 cm³/mol. The molecule has 0 unspecified atom stereocenters. The largest absolute Gasteiger partial charge is 0.484 e. The van der Waals surface area contributed by atoms with E-state index in [1.807, 2.05) is 4.90 Å². The van der Waals surface area contributed by atoms with Crippen LogP contribution < -0.4 is 4.74 Å². The van der Waals surface area contributed by atoms with Gasteiger partial charge in [0.15, 0.2) is 5.06 Å². The number of hydrogen-bond donors (Lipinski definition) is 0. The number of ether oxygens (including phenoxy) is 1. The van der Waals surface area contributed by atoms with Crippen LogP contribution >= 0.6 is 11.3 Å². The Balaban J connectivity index is 1.44. The van der Waals surface area contributed by atoms with Gasteiger partial charge in [-0.2, -0.15) is 0 Å². The number of thiophene rings is 1. The molecule has 0 radical (unpaired) electrons. The van der Waals surface area contributed by atoms with Gasteiger partial charge in [0.2, 0.25) is 5.91 Å². The topological polar surface area (TPSA) is 32.8 Å². The Morgan fingerprint density at radius 1 is 1.19 bits per heavy atom. The van der Waals surface area contributed by atoms with Crippen LogP contribution in [0.5, 0.6) is 5.06 Å². The standard InChI is InChI=1S/C21H34N2O2S/c1-21(2,3)15-19(24)23-12-8-17-14-20(26-18(17)16-23)25-13-7-11-22-9-5-4-6-10-22/h14H,4-13,15-16H2,1-3H3. The van der Waals surface area contributed by atoms with Crippen LogP contribution in [0.25, 0.3) is 0 Å². The summed E-state index contributed by atoms with van der Waals surface area (Å²) in [5.41, 5.74) is 1.43. The molecule has 26 heavy (non-hydrogen) atoms. The van der Waals surface area contributed by atoms with E-state index in [-0.39, 0.29) is 11.3 Å². The van der Waals surface area contributed by atoms with E-state index in [0.717, 1.165) is 44.1 Å². The summed E-state index contributed by atoms with van der Waals surface area (Å²) in [7, 11) is 0. The molecule has 1 aromatic heterocycles. The van der Waals surface area contributed by atoms with E-state index < -0.39 is 0 Å². The Kier molecular flexibility index (Phi) is 6.62. The van der Waals surface area contributed by atoms with Crippen LogP contribution in [0.2, 0.25) is 0 Å². The van der Waals surface area contributed by atoms with Crippen LogP contribution in [0.4, 0.5) is 0 Å². The van der Waals surface area contributed by atoms with E-state index in [4.69, 9.17) is 4.74 Å². The molecule has 2 aliphatic rings. The molecule has 0 N–H and O–H groups in total. The maximum Gasteiger partial charge on any atom is 0.223 e. The van der Waals surface area contributed by atoms with Crippen LogP contribution in [0, 0.1) is 5.41 Å². The van der Waals surface area contributed by atoms with Crippen molar-refractivity contribution in [2.45, 2.75) is 65.8 Å². The first-order valence-electron chi connectivity index (χ1n) is 10.2. The van der Waals surface area contributed by atoms with E-state index >= 15 is 0 Å². The van der Waals surface area contributed by atoms with Crippen molar-refractivity contribution in [3.8, 4) is 5.06 Å². The lowest BCUT2D eigenvalue weighted by molar-refractivity contribution is -0.133. The smallest absolute Gasteiger partial charge is 0.223 e. The summed E-state index contributed by atoms with van der Waals surface area (Å²) in [6.45, 7) is 12.4. The molecule has 1 amide bonds. The van der Waals surface area contributed by atoms with E-state index in [1.165, 1.54) is 42.8 Å². The van der Waals surface area contributed by atoms with Crippen molar-refractivity contribution in [1.29, 1.82) is 0 Å². The zero-order chi connectivity index (χ0) is 18.6. The lowest BCUT2D eigenvalue weighted by Gasteiger charge is -2.29. The monoisotopic (exact) mass is 378 g/mol. The Labute approximate surface area is 162 Å². The van der Waals surface area contributed by atoms with Crippen LogP contribution in [0.3, 0.4) is 0 Å². The molecule has 1 fully saturated rings. The summed E-state index contributed by atoms with van der Waals surface area (Å²) in [4.78, 5) is 18.4. The number of hydrogen-bond acceptors (Lipinski definition) is 4. The highest BCUT2D eigenvalue weighted by atomic mass is 32.1. The molecule has 0 bridgehead atoms. The number of carbonyl (C=O) groups is 1. The zero-order valence-electron chi connectivity index (χ0n) is 16.7. The van der Waals surface area contributed by atoms with Gasteiger partial charge in [0.05, 0.1) is 13.2 Å². The summed E-state index contributed by atoms with van der Waals surface area (Å²) < 4.78 is 6.01. The molecule has 1 saturated heterocycles. The van der Waals surface area contributed by atoms with Gasteiger partial charge in [-0.25, -0.2) is 0 Å². The highest BCUT2D eigenvalue weighted by Crippen LogP contribution is 2.34. The van der Waals surface area contributed by atoms with Gasteiger partial charge in [-0.1, -0.05) is 27.2 Å². The Bertz CT molecular complexity index is 600. The van der Waals surface area contributed by atoms with Gasteiger partial charge in [0.1, 0.15) is 0 Å². The van der Waals surface area contributed by atoms with E-state index in [0.29, 0.717) is 6.42 Å². The van der Waals surface area contributed by atoms with E-state index in [9.17, 15) is 4.79 Å². The summed E-state index contributed by atoms with van der Waals surface area (Å²) in [5.74, 6) is 0.278. The minimum atomic E-state index is 0.0510. The Hall–Kier alpha value is -1.07. The van der Waals surface area contributed by atoms with Crippen molar-refractivity contribution >= 4 is 17.2 Å². The molecule has 146 valence electrons. The molecule has 3 rings (SSSR count). The first-order valence-corrected chi connectivity index (χ1v) is 11.0. The van der Waals surface area contributed by atoms with Crippen molar-refractivity contribution < 1.29 is 9.53 Å². The summed E-state index contributed by atoms with van der Waals surface area (Å²) in [6, 6.07) is 2.20. The first kappa shape index (κ1) is 19.7. The molecule has 0 aromatic carbocycles. The number of likely N-dealkylation sites (tertiary alicyclic amines) is 1. The Morgan fingerprint density at radius 3 is 2.69 bits per heavy atom. The maximum atomic E-state index is 12.5. The fourth-order valence-corrected chi connectivity index (χ4v) is 4.88. The van der Waals surface area contributed by atoms with Gasteiger partial charge < -0.3 is 14.5 Å². The first-order chi connectivity index (χ1) is 12.4. The summed E-state index contributed by atoms with van der Waals surface area (Å²) >= 11 is 1.73. The van der Waals surface area contributed by atoms with Crippen molar-refractivity contribution in [1.82, 2.24) is 9.80 Å². The number of rotatable bonds is 6. The van der Waals surface area contributed by atoms with Gasteiger partial charge in [-0.3, -0.25) is 4.79 Å². The van der Waals surface area contributed by atoms with E-state index in [2.05, 4.69) is 31.7 Å². The maximum absolute atomic E-state index is 12.5. The minimum absolute atomic E-state index is 0.0510. The van der Waals surface area contributed by atoms with Gasteiger partial charge in [0, 0.05) is 24.4 Å². The second-order valence-corrected chi connectivity index (χ2v) is 10.0. The average Bonchev–Trinajstić information content (AvgIpc) is 3.00. The fourth-order valence-electron chi connectivity index (χ4n) is 3.79. The molecule has 0 aliphatic carbocycles. The second-order valence-electron chi connectivity index (χ2n) is 8.92. The molecule has 0 atom stereocenters. The molecular weight excluding hydrogens is 344 g/mol. The lowest BCUT2D eigenvalue weighted by atomic mass is 9.91. The third kappa shape index (κ3) is 5.71. The van der Waals surface area contributed by atoms with Crippen molar-refractivity contribution in [3.63, 3.8) is 0 Å². The van der Waals surface area contributed by atoms with Gasteiger partial charge in [-0.05, 0) is 55.8 Å². The second kappa shape index (κ2) is 8.75.